The Morgan fingerprint density at radius 1 is 1.19 bits per heavy atom. The molecule has 0 radical (unpaired) electrons. The van der Waals surface area contributed by atoms with E-state index in [0.717, 1.165) is 10.5 Å². The first kappa shape index (κ1) is 18.4. The highest BCUT2D eigenvalue weighted by Crippen LogP contribution is 2.47. The lowest BCUT2D eigenvalue weighted by molar-refractivity contribution is -0.740. The van der Waals surface area contributed by atoms with Gasteiger partial charge in [0.05, 0.1) is 19.8 Å². The van der Waals surface area contributed by atoms with Crippen molar-refractivity contribution in [2.45, 2.75) is 25.4 Å². The van der Waals surface area contributed by atoms with Gasteiger partial charge in [0.1, 0.15) is 23.6 Å². The number of hydrogen-bond donors (Lipinski definition) is 1. The van der Waals surface area contributed by atoms with Crippen molar-refractivity contribution in [3.63, 3.8) is 0 Å². The quantitative estimate of drug-likeness (QED) is 0.607. The molecule has 0 aliphatic carbocycles. The minimum atomic E-state index is -1.15. The van der Waals surface area contributed by atoms with Crippen LogP contribution in [0.3, 0.4) is 0 Å². The molecule has 2 amide bonds. The van der Waals surface area contributed by atoms with E-state index in [1.807, 2.05) is 43.4 Å². The highest BCUT2D eigenvalue weighted by molar-refractivity contribution is 6.08. The van der Waals surface area contributed by atoms with Crippen molar-refractivity contribution in [1.82, 2.24) is 4.90 Å². The highest BCUT2D eigenvalue weighted by atomic mass is 16.5. The van der Waals surface area contributed by atoms with Gasteiger partial charge in [0.15, 0.2) is 0 Å². The number of nitrogens with two attached hydrogens (primary N) is 1. The van der Waals surface area contributed by atoms with Crippen LogP contribution in [0, 0.1) is 17.8 Å². The molecule has 3 rings (SSSR count). The zero-order valence-corrected chi connectivity index (χ0v) is 15.7. The number of para-hydroxylation sites is 1. The fourth-order valence-corrected chi connectivity index (χ4v) is 4.59. The average molecular weight is 361 g/mol. The van der Waals surface area contributed by atoms with E-state index >= 15 is 0 Å². The Hall–Kier alpha value is -2.41. The summed E-state index contributed by atoms with van der Waals surface area (Å²) in [5, 5.41) is 1.85. The first-order chi connectivity index (χ1) is 12.3. The van der Waals surface area contributed by atoms with Crippen LogP contribution in [-0.4, -0.2) is 49.5 Å². The fourth-order valence-electron chi connectivity index (χ4n) is 4.59. The number of quaternary nitrogens is 1. The molecule has 2 aliphatic heterocycles. The lowest BCUT2D eigenvalue weighted by Gasteiger charge is -2.32. The van der Waals surface area contributed by atoms with E-state index in [2.05, 4.69) is 0 Å². The predicted octanol–water partition coefficient (Wildman–Crippen LogP) is 0.112. The molecule has 4 atom stereocenters. The Morgan fingerprint density at radius 3 is 2.42 bits per heavy atom. The summed E-state index contributed by atoms with van der Waals surface area (Å²) in [4.78, 5) is 39.8. The molecular formula is C19H25N2O5+. The van der Waals surface area contributed by atoms with Crippen LogP contribution in [0.2, 0.25) is 0 Å². The molecule has 0 saturated carbocycles. The van der Waals surface area contributed by atoms with Crippen LogP contribution < -0.4 is 10.1 Å². The molecule has 1 aromatic rings. The summed E-state index contributed by atoms with van der Waals surface area (Å²) < 4.78 is 10.5. The number of ether oxygens (including phenoxy) is 2. The van der Waals surface area contributed by atoms with Crippen molar-refractivity contribution < 1.29 is 29.2 Å². The molecule has 26 heavy (non-hydrogen) atoms. The van der Waals surface area contributed by atoms with Gasteiger partial charge in [-0.1, -0.05) is 26.0 Å². The monoisotopic (exact) mass is 361 g/mol. The van der Waals surface area contributed by atoms with Gasteiger partial charge in [0.25, 0.3) is 0 Å². The van der Waals surface area contributed by atoms with E-state index < -0.39 is 29.4 Å². The summed E-state index contributed by atoms with van der Waals surface area (Å²) in [6.07, 6.45) is 0. The van der Waals surface area contributed by atoms with Crippen molar-refractivity contribution in [3.8, 4) is 5.75 Å². The number of methoxy groups -OCH3 is 2. The molecule has 140 valence electrons. The van der Waals surface area contributed by atoms with Gasteiger partial charge in [0.2, 0.25) is 17.4 Å². The van der Waals surface area contributed by atoms with E-state index in [1.54, 1.807) is 7.11 Å². The summed E-state index contributed by atoms with van der Waals surface area (Å²) in [5.74, 6) is -2.03. The van der Waals surface area contributed by atoms with Crippen molar-refractivity contribution in [3.05, 3.63) is 29.8 Å². The molecule has 0 unspecified atom stereocenters. The third kappa shape index (κ3) is 2.26. The Morgan fingerprint density at radius 2 is 1.85 bits per heavy atom. The normalized spacial score (nSPS) is 30.7. The molecule has 2 heterocycles. The van der Waals surface area contributed by atoms with E-state index in [4.69, 9.17) is 9.47 Å². The Labute approximate surface area is 152 Å². The Bertz CT molecular complexity index is 762. The van der Waals surface area contributed by atoms with E-state index in [1.165, 1.54) is 14.2 Å². The van der Waals surface area contributed by atoms with E-state index in [-0.39, 0.29) is 17.7 Å². The maximum Gasteiger partial charge on any atom is 0.368 e. The number of amides is 2. The summed E-state index contributed by atoms with van der Waals surface area (Å²) in [6.45, 7) is 3.76. The second-order valence-electron chi connectivity index (χ2n) is 7.25. The first-order valence-electron chi connectivity index (χ1n) is 8.70. The summed E-state index contributed by atoms with van der Waals surface area (Å²) >= 11 is 0. The molecule has 0 aromatic heterocycles. The maximum absolute atomic E-state index is 12.9. The van der Waals surface area contributed by atoms with E-state index in [9.17, 15) is 14.4 Å². The molecule has 1 aromatic carbocycles. The molecule has 2 fully saturated rings. The number of carbonyl (C=O) groups is 3. The standard InChI is InChI=1S/C19H24N2O5/c1-10(2)19(18(24)26-5)14-13(16(22)21(3)17(14)23)15(20-19)11-8-6-7-9-12(11)25-4/h6-10,13-15,20H,1-5H3/p+1/t13-,14+,15-,19-/m0/s1. The van der Waals surface area contributed by atoms with Crippen LogP contribution in [0.1, 0.15) is 25.5 Å². The predicted molar refractivity (Wildman–Crippen MR) is 92.0 cm³/mol. The third-order valence-electron chi connectivity index (χ3n) is 5.92. The number of imide groups is 1. The van der Waals surface area contributed by atoms with Gasteiger partial charge >= 0.3 is 5.97 Å². The Kier molecular flexibility index (Phi) is 4.52. The fraction of sp³-hybridized carbons (Fsp3) is 0.526. The summed E-state index contributed by atoms with van der Waals surface area (Å²) in [5.41, 5.74) is -0.351. The molecular weight excluding hydrogens is 336 g/mol. The van der Waals surface area contributed by atoms with Crippen molar-refractivity contribution in [1.29, 1.82) is 0 Å². The second-order valence-corrected chi connectivity index (χ2v) is 7.25. The second kappa shape index (κ2) is 6.39. The maximum atomic E-state index is 12.9. The topological polar surface area (TPSA) is 89.5 Å². The van der Waals surface area contributed by atoms with Gasteiger partial charge in [-0.25, -0.2) is 4.79 Å². The van der Waals surface area contributed by atoms with Crippen LogP contribution in [0.15, 0.2) is 24.3 Å². The number of fused-ring (bicyclic) bond motifs is 1. The number of hydrogen-bond acceptors (Lipinski definition) is 5. The number of nitrogens with zero attached hydrogens (tertiary/aromatic N) is 1. The lowest BCUT2D eigenvalue weighted by Crippen LogP contribution is -2.99. The van der Waals surface area contributed by atoms with Crippen LogP contribution >= 0.6 is 0 Å². The van der Waals surface area contributed by atoms with Gasteiger partial charge in [-0.15, -0.1) is 0 Å². The van der Waals surface area contributed by atoms with Crippen molar-refractivity contribution in [2.75, 3.05) is 21.3 Å². The van der Waals surface area contributed by atoms with Crippen molar-refractivity contribution in [2.24, 2.45) is 17.8 Å². The zero-order chi connectivity index (χ0) is 19.2. The molecule has 2 aliphatic rings. The minimum Gasteiger partial charge on any atom is -0.496 e. The van der Waals surface area contributed by atoms with Crippen LogP contribution in [0.25, 0.3) is 0 Å². The number of carbonyl (C=O) groups excluding carboxylic acids is 3. The van der Waals surface area contributed by atoms with Gasteiger partial charge in [-0.05, 0) is 12.1 Å². The van der Waals surface area contributed by atoms with E-state index in [0.29, 0.717) is 5.75 Å². The first-order valence-corrected chi connectivity index (χ1v) is 8.70. The molecule has 7 nitrogen and oxygen atoms in total. The SMILES string of the molecule is COC(=O)[C@@]1(C(C)C)[NH2+][C@@H](c2ccccc2OC)[C@H]2C(=O)N(C)C(=O)[C@@H]21. The third-order valence-corrected chi connectivity index (χ3v) is 5.92. The van der Waals surface area contributed by atoms with Gasteiger partial charge < -0.3 is 14.8 Å². The van der Waals surface area contributed by atoms with Gasteiger partial charge in [-0.2, -0.15) is 0 Å². The highest BCUT2D eigenvalue weighted by Gasteiger charge is 2.73. The number of rotatable bonds is 4. The minimum absolute atomic E-state index is 0.203. The Balaban J connectivity index is 2.21. The van der Waals surface area contributed by atoms with Crippen LogP contribution in [0.5, 0.6) is 5.75 Å². The number of likely N-dealkylation sites (tertiary alicyclic amines) is 1. The van der Waals surface area contributed by atoms with Crippen LogP contribution in [0.4, 0.5) is 0 Å². The average Bonchev–Trinajstić information content (AvgIpc) is 3.12. The molecule has 0 spiro atoms. The number of esters is 1. The molecule has 2 saturated heterocycles. The summed E-state index contributed by atoms with van der Waals surface area (Å²) in [6, 6.07) is 6.99. The van der Waals surface area contributed by atoms with Gasteiger partial charge in [0, 0.05) is 13.0 Å². The molecule has 2 N–H and O–H groups in total. The zero-order valence-electron chi connectivity index (χ0n) is 15.7. The molecule has 7 heteroatoms. The molecule has 0 bridgehead atoms. The lowest BCUT2D eigenvalue weighted by atomic mass is 9.73. The summed E-state index contributed by atoms with van der Waals surface area (Å²) in [7, 11) is 4.36. The smallest absolute Gasteiger partial charge is 0.368 e. The van der Waals surface area contributed by atoms with Crippen molar-refractivity contribution >= 4 is 17.8 Å². The van der Waals surface area contributed by atoms with Gasteiger partial charge in [-0.3, -0.25) is 14.5 Å². The van der Waals surface area contributed by atoms with Crippen LogP contribution in [-0.2, 0) is 19.1 Å². The number of benzene rings is 1. The largest absolute Gasteiger partial charge is 0.496 e.